The van der Waals surface area contributed by atoms with Gasteiger partial charge in [-0.15, -0.1) is 0 Å². The van der Waals surface area contributed by atoms with Gasteiger partial charge in [-0.25, -0.2) is 19.2 Å². The summed E-state index contributed by atoms with van der Waals surface area (Å²) in [5.41, 5.74) is 9.88. The Labute approximate surface area is 206 Å². The predicted octanol–water partition coefficient (Wildman–Crippen LogP) is 3.68. The van der Waals surface area contributed by atoms with E-state index in [9.17, 15) is 9.18 Å². The Morgan fingerprint density at radius 3 is 2.80 bits per heavy atom. The number of aryl methyl sites for hydroxylation is 1. The van der Waals surface area contributed by atoms with Gasteiger partial charge in [-0.05, 0) is 49.8 Å². The predicted molar refractivity (Wildman–Crippen MR) is 127 cm³/mol. The van der Waals surface area contributed by atoms with Crippen molar-refractivity contribution in [3.8, 4) is 17.0 Å². The van der Waals surface area contributed by atoms with E-state index in [1.54, 1.807) is 11.0 Å². The number of anilines is 1. The summed E-state index contributed by atoms with van der Waals surface area (Å²) in [4.78, 5) is 23.7. The SMILES string of the molecule is Cc1cc(Cl)cc(OCCn2cc(F)cn2)c1-c1nc(N)nc2c1CN(C(=O)NC13CC(C1)C3)C2. The average molecular weight is 498 g/mol. The first-order chi connectivity index (χ1) is 16.8. The van der Waals surface area contributed by atoms with Crippen LogP contribution < -0.4 is 15.8 Å². The van der Waals surface area contributed by atoms with E-state index in [4.69, 9.17) is 22.1 Å². The van der Waals surface area contributed by atoms with Crippen LogP contribution in [0.25, 0.3) is 11.3 Å². The van der Waals surface area contributed by atoms with E-state index in [1.807, 2.05) is 13.0 Å². The van der Waals surface area contributed by atoms with Gasteiger partial charge in [0.15, 0.2) is 5.82 Å². The second-order valence-corrected chi connectivity index (χ2v) is 10.2. The average Bonchev–Trinajstić information content (AvgIpc) is 3.35. The van der Waals surface area contributed by atoms with Gasteiger partial charge in [0.2, 0.25) is 5.95 Å². The molecule has 2 aromatic heterocycles. The number of aromatic nitrogens is 4. The maximum atomic E-state index is 13.2. The van der Waals surface area contributed by atoms with Gasteiger partial charge < -0.3 is 20.7 Å². The summed E-state index contributed by atoms with van der Waals surface area (Å²) in [5, 5.41) is 7.67. The van der Waals surface area contributed by atoms with Gasteiger partial charge in [0, 0.05) is 21.7 Å². The number of nitrogens with zero attached hydrogens (tertiary/aromatic N) is 5. The fourth-order valence-corrected chi connectivity index (χ4v) is 5.66. The second-order valence-electron chi connectivity index (χ2n) is 9.77. The second kappa shape index (κ2) is 8.08. The normalized spacial score (nSPS) is 21.8. The molecule has 3 heterocycles. The van der Waals surface area contributed by atoms with Crippen LogP contribution in [0.5, 0.6) is 5.75 Å². The molecule has 3 aromatic rings. The lowest BCUT2D eigenvalue weighted by Gasteiger charge is -2.61. The highest BCUT2D eigenvalue weighted by molar-refractivity contribution is 6.31. The number of urea groups is 1. The van der Waals surface area contributed by atoms with Crippen molar-refractivity contribution in [3.63, 3.8) is 0 Å². The van der Waals surface area contributed by atoms with Crippen LogP contribution in [0.1, 0.15) is 36.1 Å². The number of benzene rings is 1. The van der Waals surface area contributed by atoms with Crippen molar-refractivity contribution in [2.45, 2.75) is 51.4 Å². The summed E-state index contributed by atoms with van der Waals surface area (Å²) in [7, 11) is 0. The lowest BCUT2D eigenvalue weighted by Crippen LogP contribution is -2.69. The van der Waals surface area contributed by atoms with Crippen molar-refractivity contribution in [2.24, 2.45) is 5.92 Å². The van der Waals surface area contributed by atoms with E-state index < -0.39 is 5.82 Å². The fourth-order valence-electron chi connectivity index (χ4n) is 5.40. The first kappa shape index (κ1) is 22.1. The number of nitrogen functional groups attached to an aromatic ring is 1. The smallest absolute Gasteiger partial charge is 0.318 e. The zero-order valence-electron chi connectivity index (χ0n) is 19.2. The van der Waals surface area contributed by atoms with Gasteiger partial charge in [-0.3, -0.25) is 4.68 Å². The molecule has 3 fully saturated rings. The van der Waals surface area contributed by atoms with E-state index in [0.29, 0.717) is 36.1 Å². The number of fused-ring (bicyclic) bond motifs is 1. The van der Waals surface area contributed by atoms with Crippen molar-refractivity contribution < 1.29 is 13.9 Å². The molecule has 2 amide bonds. The number of nitrogens with one attached hydrogen (secondary N) is 1. The lowest BCUT2D eigenvalue weighted by molar-refractivity contribution is -0.0434. The summed E-state index contributed by atoms with van der Waals surface area (Å²) in [6, 6.07) is 3.47. The number of hydrogen-bond donors (Lipinski definition) is 2. The van der Waals surface area contributed by atoms with Crippen molar-refractivity contribution in [3.05, 3.63) is 52.2 Å². The summed E-state index contributed by atoms with van der Waals surface area (Å²) < 4.78 is 20.8. The fraction of sp³-hybridized carbons (Fsp3) is 0.417. The number of carbonyl (C=O) groups excluding carboxylic acids is 1. The number of hydrogen-bond acceptors (Lipinski definition) is 6. The minimum absolute atomic E-state index is 0.00463. The summed E-state index contributed by atoms with van der Waals surface area (Å²) in [5.74, 6) is 1.04. The van der Waals surface area contributed by atoms with Crippen LogP contribution in [0.2, 0.25) is 5.02 Å². The van der Waals surface area contributed by atoms with Gasteiger partial charge in [0.05, 0.1) is 43.4 Å². The molecule has 0 saturated heterocycles. The van der Waals surface area contributed by atoms with Crippen LogP contribution in [0, 0.1) is 18.7 Å². The van der Waals surface area contributed by atoms with Gasteiger partial charge in [0.1, 0.15) is 12.4 Å². The third-order valence-electron chi connectivity index (χ3n) is 7.18. The van der Waals surface area contributed by atoms with Crippen molar-refractivity contribution in [1.29, 1.82) is 0 Å². The Hall–Kier alpha value is -3.40. The van der Waals surface area contributed by atoms with E-state index in [1.165, 1.54) is 10.9 Å². The highest BCUT2D eigenvalue weighted by Crippen LogP contribution is 2.57. The van der Waals surface area contributed by atoms with Crippen LogP contribution in [0.4, 0.5) is 15.1 Å². The molecule has 1 aromatic carbocycles. The molecule has 182 valence electrons. The van der Waals surface area contributed by atoms with Gasteiger partial charge in [-0.1, -0.05) is 11.6 Å². The highest BCUT2D eigenvalue weighted by Gasteiger charge is 2.57. The summed E-state index contributed by atoms with van der Waals surface area (Å²) in [6.45, 7) is 3.27. The van der Waals surface area contributed by atoms with Gasteiger partial charge in [0.25, 0.3) is 0 Å². The Morgan fingerprint density at radius 1 is 1.31 bits per heavy atom. The minimum atomic E-state index is -0.404. The van der Waals surface area contributed by atoms with Crippen LogP contribution in [-0.2, 0) is 19.6 Å². The van der Waals surface area contributed by atoms with Crippen molar-refractivity contribution in [2.75, 3.05) is 12.3 Å². The third kappa shape index (κ3) is 3.95. The van der Waals surface area contributed by atoms with E-state index in [2.05, 4.69) is 20.4 Å². The van der Waals surface area contributed by atoms with Crippen LogP contribution in [0.15, 0.2) is 24.5 Å². The van der Waals surface area contributed by atoms with Crippen LogP contribution in [-0.4, -0.2) is 42.8 Å². The first-order valence-corrected chi connectivity index (χ1v) is 12.0. The first-order valence-electron chi connectivity index (χ1n) is 11.6. The molecule has 3 aliphatic carbocycles. The Bertz CT molecular complexity index is 1330. The van der Waals surface area contributed by atoms with Gasteiger partial charge in [-0.2, -0.15) is 5.10 Å². The minimum Gasteiger partial charge on any atom is -0.491 e. The maximum Gasteiger partial charge on any atom is 0.318 e. The number of halogens is 2. The molecule has 35 heavy (non-hydrogen) atoms. The molecule has 0 radical (unpaired) electrons. The van der Waals surface area contributed by atoms with Crippen molar-refractivity contribution in [1.82, 2.24) is 30.0 Å². The molecular formula is C24H25ClFN7O2. The quantitative estimate of drug-likeness (QED) is 0.537. The van der Waals surface area contributed by atoms with Crippen molar-refractivity contribution >= 4 is 23.6 Å². The monoisotopic (exact) mass is 497 g/mol. The number of carbonyl (C=O) groups is 1. The van der Waals surface area contributed by atoms with E-state index >= 15 is 0 Å². The Balaban J connectivity index is 1.28. The molecule has 3 saturated carbocycles. The molecule has 4 aliphatic rings. The molecule has 3 N–H and O–H groups in total. The number of rotatable bonds is 6. The lowest BCUT2D eigenvalue weighted by atomic mass is 9.50. The van der Waals surface area contributed by atoms with Crippen LogP contribution in [0.3, 0.4) is 0 Å². The molecule has 0 spiro atoms. The standard InChI is InChI=1S/C24H25ClFN7O2/c1-13-4-15(25)5-19(35-3-2-33-10-16(26)9-28-33)20(13)21-17-11-32(12-18(17)29-22(27)30-21)23(34)31-24-6-14(7-24)8-24/h4-5,9-10,14H,2-3,6-8,11-12H2,1H3,(H,31,34)(H2,27,29,30). The Kier molecular flexibility index (Phi) is 5.10. The third-order valence-corrected chi connectivity index (χ3v) is 7.40. The molecule has 9 nitrogen and oxygen atoms in total. The molecular weight excluding hydrogens is 473 g/mol. The largest absolute Gasteiger partial charge is 0.491 e. The molecule has 11 heteroatoms. The molecule has 2 bridgehead atoms. The zero-order valence-corrected chi connectivity index (χ0v) is 20.0. The Morgan fingerprint density at radius 2 is 2.11 bits per heavy atom. The topological polar surface area (TPSA) is 111 Å². The van der Waals surface area contributed by atoms with Gasteiger partial charge >= 0.3 is 6.03 Å². The molecule has 7 rings (SSSR count). The zero-order chi connectivity index (χ0) is 24.3. The number of ether oxygens (including phenoxy) is 1. The van der Waals surface area contributed by atoms with E-state index in [0.717, 1.165) is 53.8 Å². The molecule has 0 unspecified atom stereocenters. The summed E-state index contributed by atoms with van der Waals surface area (Å²) >= 11 is 6.34. The molecule has 1 aliphatic heterocycles. The molecule has 0 atom stereocenters. The number of nitrogens with two attached hydrogens (primary N) is 1. The summed E-state index contributed by atoms with van der Waals surface area (Å²) in [6.07, 6.45) is 5.68. The number of amides is 2. The maximum absolute atomic E-state index is 13.2. The highest BCUT2D eigenvalue weighted by atomic mass is 35.5. The van der Waals surface area contributed by atoms with E-state index in [-0.39, 0.29) is 24.1 Å². The van der Waals surface area contributed by atoms with Crippen LogP contribution >= 0.6 is 11.6 Å².